The number of H-pyrrole nitrogens is 1. The van der Waals surface area contributed by atoms with Crippen LogP contribution in [0.1, 0.15) is 37.4 Å². The number of hydrogen-bond donors (Lipinski definition) is 3. The molecule has 0 bridgehead atoms. The first-order chi connectivity index (χ1) is 10.4. The van der Waals surface area contributed by atoms with E-state index in [2.05, 4.69) is 55.4 Å². The van der Waals surface area contributed by atoms with Crippen LogP contribution in [0.3, 0.4) is 0 Å². The smallest absolute Gasteiger partial charge is 0.119 e. The average Bonchev–Trinajstić information content (AvgIpc) is 2.87. The number of fused-ring (bicyclic) bond motifs is 5. The summed E-state index contributed by atoms with van der Waals surface area (Å²) in [4.78, 5) is 3.69. The van der Waals surface area contributed by atoms with Gasteiger partial charge in [0.25, 0.3) is 0 Å². The van der Waals surface area contributed by atoms with Crippen LogP contribution in [0.4, 0.5) is 0 Å². The maximum absolute atomic E-state index is 5.40. The summed E-state index contributed by atoms with van der Waals surface area (Å²) in [6.07, 6.45) is 6.51. The van der Waals surface area contributed by atoms with Gasteiger partial charge in [-0.15, -0.1) is 0 Å². The van der Waals surface area contributed by atoms with Crippen LogP contribution in [-0.4, -0.2) is 16.2 Å². The predicted molar refractivity (Wildman–Crippen MR) is 98.5 cm³/mol. The maximum Gasteiger partial charge on any atom is 0.119 e. The van der Waals surface area contributed by atoms with Crippen molar-refractivity contribution >= 4 is 36.2 Å². The molecule has 2 nitrogen and oxygen atoms in total. The summed E-state index contributed by atoms with van der Waals surface area (Å²) in [6, 6.07) is 6.31. The summed E-state index contributed by atoms with van der Waals surface area (Å²) < 4.78 is 5.13. The summed E-state index contributed by atoms with van der Waals surface area (Å²) in [6.45, 7) is 2.36. The molecular formula is C18H21NOS2. The highest BCUT2D eigenvalue weighted by Crippen LogP contribution is 2.52. The number of benzene rings is 1. The molecule has 116 valence electrons. The highest BCUT2D eigenvalue weighted by molar-refractivity contribution is 8.00. The Hall–Kier alpha value is -1.000. The molecule has 4 heteroatoms. The number of rotatable bonds is 1. The molecule has 1 N–H and O–H groups in total. The fourth-order valence-corrected chi connectivity index (χ4v) is 4.62. The molecule has 0 radical (unpaired) electrons. The van der Waals surface area contributed by atoms with E-state index in [0.717, 1.165) is 31.4 Å². The Bertz CT molecular complexity index is 790. The molecule has 1 aromatic carbocycles. The van der Waals surface area contributed by atoms with Crippen LogP contribution in [0.15, 0.2) is 29.8 Å². The lowest BCUT2D eigenvalue weighted by molar-refractivity contribution is 0.415. The zero-order valence-corrected chi connectivity index (χ0v) is 14.7. The van der Waals surface area contributed by atoms with Crippen LogP contribution in [0.5, 0.6) is 5.75 Å². The minimum Gasteiger partial charge on any atom is -0.497 e. The van der Waals surface area contributed by atoms with E-state index in [9.17, 15) is 0 Å². The Labute approximate surface area is 142 Å². The number of ether oxygens (including phenoxy) is 1. The quantitative estimate of drug-likeness (QED) is 0.395. The molecule has 0 aliphatic heterocycles. The second kappa shape index (κ2) is 4.75. The molecule has 0 saturated carbocycles. The van der Waals surface area contributed by atoms with E-state index in [1.54, 1.807) is 7.11 Å². The molecule has 1 heterocycles. The lowest BCUT2D eigenvalue weighted by Crippen LogP contribution is -2.36. The zero-order valence-electron chi connectivity index (χ0n) is 12.9. The summed E-state index contributed by atoms with van der Waals surface area (Å²) in [5.74, 6) is 0.925. The van der Waals surface area contributed by atoms with Gasteiger partial charge < -0.3 is 9.72 Å². The highest BCUT2D eigenvalue weighted by atomic mass is 32.2. The van der Waals surface area contributed by atoms with Gasteiger partial charge in [0.15, 0.2) is 0 Å². The first-order valence-corrected chi connectivity index (χ1v) is 8.68. The molecule has 2 aliphatic rings. The van der Waals surface area contributed by atoms with Crippen LogP contribution in [0.25, 0.3) is 10.9 Å². The number of aromatic nitrogens is 1. The Balaban J connectivity index is 1.92. The molecule has 1 atom stereocenters. The minimum absolute atomic E-state index is 0.0921. The van der Waals surface area contributed by atoms with Crippen molar-refractivity contribution in [3.8, 4) is 5.75 Å². The third kappa shape index (κ3) is 2.04. The number of hydrogen-bond acceptors (Lipinski definition) is 3. The third-order valence-electron chi connectivity index (χ3n) is 5.42. The topological polar surface area (TPSA) is 25.0 Å². The van der Waals surface area contributed by atoms with Crippen LogP contribution >= 0.6 is 25.3 Å². The fraction of sp³-hybridized carbons (Fsp3) is 0.444. The van der Waals surface area contributed by atoms with Crippen LogP contribution < -0.4 is 4.74 Å². The number of nitrogens with one attached hydrogen (secondary N) is 1. The molecule has 2 aromatic rings. The van der Waals surface area contributed by atoms with Gasteiger partial charge in [0.1, 0.15) is 5.75 Å². The van der Waals surface area contributed by atoms with Crippen LogP contribution in [0, 0.1) is 0 Å². The molecule has 2 aliphatic carbocycles. The second-order valence-corrected chi connectivity index (χ2v) is 8.72. The summed E-state index contributed by atoms with van der Waals surface area (Å²) in [5.41, 5.74) is 5.62. The molecule has 22 heavy (non-hydrogen) atoms. The normalized spacial score (nSPS) is 26.3. The zero-order chi connectivity index (χ0) is 15.5. The van der Waals surface area contributed by atoms with E-state index in [-0.39, 0.29) is 9.49 Å². The average molecular weight is 332 g/mol. The first-order valence-electron chi connectivity index (χ1n) is 7.79. The van der Waals surface area contributed by atoms with Gasteiger partial charge >= 0.3 is 0 Å². The van der Waals surface area contributed by atoms with Crippen molar-refractivity contribution in [3.63, 3.8) is 0 Å². The molecule has 1 aromatic heterocycles. The summed E-state index contributed by atoms with van der Waals surface area (Å²) in [7, 11) is 1.72. The van der Waals surface area contributed by atoms with Crippen molar-refractivity contribution in [1.82, 2.24) is 4.98 Å². The van der Waals surface area contributed by atoms with Crippen molar-refractivity contribution in [2.45, 2.75) is 42.1 Å². The summed E-state index contributed by atoms with van der Waals surface area (Å²) in [5, 5.41) is 1.31. The first kappa shape index (κ1) is 14.6. The number of aryl methyl sites for hydroxylation is 1. The van der Waals surface area contributed by atoms with E-state index in [0.29, 0.717) is 0 Å². The Kier molecular flexibility index (Phi) is 3.15. The lowest BCUT2D eigenvalue weighted by atomic mass is 9.65. The fourth-order valence-electron chi connectivity index (χ4n) is 4.08. The van der Waals surface area contributed by atoms with Gasteiger partial charge in [-0.3, -0.25) is 0 Å². The molecule has 0 fully saturated rings. The molecule has 4 rings (SSSR count). The Morgan fingerprint density at radius 1 is 1.18 bits per heavy atom. The number of thiol groups is 2. The highest BCUT2D eigenvalue weighted by Gasteiger charge is 2.43. The molecule has 0 spiro atoms. The van der Waals surface area contributed by atoms with Gasteiger partial charge in [0, 0.05) is 22.0 Å². The van der Waals surface area contributed by atoms with E-state index in [1.807, 2.05) is 6.07 Å². The SMILES string of the molecule is COc1ccc2[nH]c3c(c2c1)CCC1=CC(S)(S)CCC13C. The molecular weight excluding hydrogens is 310 g/mol. The van der Waals surface area contributed by atoms with Crippen molar-refractivity contribution in [2.75, 3.05) is 7.11 Å². The van der Waals surface area contributed by atoms with E-state index < -0.39 is 0 Å². The molecule has 0 saturated heterocycles. The van der Waals surface area contributed by atoms with Crippen molar-refractivity contribution in [1.29, 1.82) is 0 Å². The van der Waals surface area contributed by atoms with Gasteiger partial charge in [0.2, 0.25) is 0 Å². The van der Waals surface area contributed by atoms with Crippen molar-refractivity contribution in [2.24, 2.45) is 0 Å². The van der Waals surface area contributed by atoms with Crippen molar-refractivity contribution < 1.29 is 4.74 Å². The van der Waals surface area contributed by atoms with Gasteiger partial charge in [-0.25, -0.2) is 0 Å². The van der Waals surface area contributed by atoms with Crippen molar-refractivity contribution in [3.05, 3.63) is 41.1 Å². The van der Waals surface area contributed by atoms with E-state index in [1.165, 1.54) is 27.7 Å². The Morgan fingerprint density at radius 2 is 2.00 bits per heavy atom. The second-order valence-electron chi connectivity index (χ2n) is 6.77. The Morgan fingerprint density at radius 3 is 2.77 bits per heavy atom. The molecule has 0 amide bonds. The van der Waals surface area contributed by atoms with Crippen LogP contribution in [-0.2, 0) is 11.8 Å². The van der Waals surface area contributed by atoms with Gasteiger partial charge in [-0.1, -0.05) is 18.6 Å². The third-order valence-corrected chi connectivity index (χ3v) is 6.12. The monoisotopic (exact) mass is 331 g/mol. The van der Waals surface area contributed by atoms with Gasteiger partial charge in [0.05, 0.1) is 11.2 Å². The van der Waals surface area contributed by atoms with E-state index >= 15 is 0 Å². The van der Waals surface area contributed by atoms with Gasteiger partial charge in [-0.05, 0) is 49.4 Å². The van der Waals surface area contributed by atoms with E-state index in [4.69, 9.17) is 4.74 Å². The number of methoxy groups -OCH3 is 1. The predicted octanol–water partition coefficient (Wildman–Crippen LogP) is 4.66. The molecule has 1 unspecified atom stereocenters. The number of allylic oxidation sites excluding steroid dienone is 1. The van der Waals surface area contributed by atoms with Crippen LogP contribution in [0.2, 0.25) is 0 Å². The largest absolute Gasteiger partial charge is 0.497 e. The minimum atomic E-state index is -0.262. The maximum atomic E-state index is 5.40. The summed E-state index contributed by atoms with van der Waals surface area (Å²) >= 11 is 9.36. The number of aromatic amines is 1. The van der Waals surface area contributed by atoms with Gasteiger partial charge in [-0.2, -0.15) is 25.3 Å². The lowest BCUT2D eigenvalue weighted by Gasteiger charge is -2.43. The standard InChI is InChI=1S/C18H21NOS2/c1-17-7-8-18(21,22)10-11(17)3-5-13-14-9-12(20-2)4-6-15(14)19-16(13)17/h4,6,9-10,19,21-22H,3,5,7-8H2,1-2H3.